The van der Waals surface area contributed by atoms with Crippen LogP contribution in [0, 0.1) is 15.9 Å². The first-order valence-corrected chi connectivity index (χ1v) is 8.26. The Bertz CT molecular complexity index is 738. The van der Waals surface area contributed by atoms with Gasteiger partial charge in [0.1, 0.15) is 5.82 Å². The largest absolute Gasteiger partial charge is 0.383 e. The summed E-state index contributed by atoms with van der Waals surface area (Å²) in [5.41, 5.74) is 1.94. The molecule has 0 amide bonds. The number of aliphatic imine (C=N–C) groups is 1. The molecule has 0 aliphatic carbocycles. The van der Waals surface area contributed by atoms with Crippen molar-refractivity contribution in [2.24, 2.45) is 4.99 Å². The summed E-state index contributed by atoms with van der Waals surface area (Å²) in [6.07, 6.45) is 0.766. The van der Waals surface area contributed by atoms with Crippen molar-refractivity contribution in [3.63, 3.8) is 0 Å². The Morgan fingerprint density at radius 1 is 1.04 bits per heavy atom. The van der Waals surface area contributed by atoms with Crippen LogP contribution in [-0.4, -0.2) is 37.6 Å². The number of nitrogens with one attached hydrogen (secondary N) is 3. The molecule has 0 aromatic heterocycles. The first kappa shape index (κ1) is 22.6. The van der Waals surface area contributed by atoms with E-state index in [4.69, 9.17) is 0 Å². The fourth-order valence-corrected chi connectivity index (χ4v) is 2.29. The van der Waals surface area contributed by atoms with Crippen molar-refractivity contribution in [1.82, 2.24) is 10.6 Å². The molecular formula is C18H23FIN5O2. The zero-order chi connectivity index (χ0) is 18.8. The number of guanidine groups is 1. The van der Waals surface area contributed by atoms with Gasteiger partial charge in [0, 0.05) is 44.5 Å². The molecule has 2 aromatic carbocycles. The van der Waals surface area contributed by atoms with Gasteiger partial charge in [0.05, 0.1) is 4.92 Å². The number of non-ortho nitro benzene ring substituents is 1. The van der Waals surface area contributed by atoms with Crippen LogP contribution in [0.25, 0.3) is 0 Å². The van der Waals surface area contributed by atoms with Crippen LogP contribution in [0.15, 0.2) is 53.5 Å². The minimum Gasteiger partial charge on any atom is -0.383 e. The van der Waals surface area contributed by atoms with Crippen LogP contribution in [0.1, 0.15) is 5.56 Å². The molecule has 0 spiro atoms. The first-order chi connectivity index (χ1) is 12.6. The quantitative estimate of drug-likeness (QED) is 0.133. The van der Waals surface area contributed by atoms with E-state index in [1.807, 2.05) is 0 Å². The Hall–Kier alpha value is -2.43. The lowest BCUT2D eigenvalue weighted by Crippen LogP contribution is -2.40. The number of halogens is 2. The minimum atomic E-state index is -0.424. The van der Waals surface area contributed by atoms with E-state index in [2.05, 4.69) is 20.9 Å². The van der Waals surface area contributed by atoms with E-state index in [0.29, 0.717) is 25.6 Å². The lowest BCUT2D eigenvalue weighted by molar-refractivity contribution is -0.384. The van der Waals surface area contributed by atoms with Gasteiger partial charge in [-0.3, -0.25) is 15.1 Å². The van der Waals surface area contributed by atoms with Crippen molar-refractivity contribution >= 4 is 41.3 Å². The second-order valence-corrected chi connectivity index (χ2v) is 5.53. The third-order valence-electron chi connectivity index (χ3n) is 3.67. The number of rotatable bonds is 8. The van der Waals surface area contributed by atoms with Gasteiger partial charge in [-0.2, -0.15) is 0 Å². The Morgan fingerprint density at radius 2 is 1.67 bits per heavy atom. The molecule has 0 unspecified atom stereocenters. The van der Waals surface area contributed by atoms with Gasteiger partial charge >= 0.3 is 0 Å². The molecule has 7 nitrogen and oxygen atoms in total. The summed E-state index contributed by atoms with van der Waals surface area (Å²) in [4.78, 5) is 14.3. The van der Waals surface area contributed by atoms with E-state index in [1.165, 1.54) is 24.3 Å². The van der Waals surface area contributed by atoms with Crippen molar-refractivity contribution < 1.29 is 9.31 Å². The highest BCUT2D eigenvalue weighted by atomic mass is 127. The van der Waals surface area contributed by atoms with Gasteiger partial charge in [-0.15, -0.1) is 24.0 Å². The number of benzene rings is 2. The van der Waals surface area contributed by atoms with Gasteiger partial charge in [0.2, 0.25) is 0 Å². The van der Waals surface area contributed by atoms with E-state index in [-0.39, 0.29) is 35.5 Å². The van der Waals surface area contributed by atoms with E-state index in [1.54, 1.807) is 31.3 Å². The smallest absolute Gasteiger partial charge is 0.269 e. The number of nitro benzene ring substituents is 1. The second kappa shape index (κ2) is 12.0. The summed E-state index contributed by atoms with van der Waals surface area (Å²) >= 11 is 0. The molecule has 2 rings (SSSR count). The third kappa shape index (κ3) is 8.20. The predicted molar refractivity (Wildman–Crippen MR) is 116 cm³/mol. The summed E-state index contributed by atoms with van der Waals surface area (Å²) in [6.45, 7) is 1.95. The van der Waals surface area contributed by atoms with E-state index >= 15 is 0 Å². The second-order valence-electron chi connectivity index (χ2n) is 5.53. The third-order valence-corrected chi connectivity index (χ3v) is 3.67. The highest BCUT2D eigenvalue weighted by Crippen LogP contribution is 2.14. The number of nitro groups is 1. The topological polar surface area (TPSA) is 91.6 Å². The van der Waals surface area contributed by atoms with Crippen molar-refractivity contribution in [2.75, 3.05) is 32.0 Å². The molecule has 0 saturated carbocycles. The number of hydrogen-bond acceptors (Lipinski definition) is 4. The highest BCUT2D eigenvalue weighted by molar-refractivity contribution is 14.0. The number of anilines is 1. The van der Waals surface area contributed by atoms with Gasteiger partial charge in [-0.1, -0.05) is 12.1 Å². The zero-order valence-corrected chi connectivity index (χ0v) is 17.3. The normalized spacial score (nSPS) is 10.7. The standard InChI is InChI=1S/C18H22FN5O2.HI/c1-20-18(22-11-10-14-2-4-15(19)5-3-14)23-13-12-21-16-6-8-17(9-7-16)24(25)26;/h2-9,21H,10-13H2,1H3,(H2,20,22,23);1H. The van der Waals surface area contributed by atoms with E-state index in [9.17, 15) is 14.5 Å². The molecule has 3 N–H and O–H groups in total. The molecule has 0 aliphatic heterocycles. The summed E-state index contributed by atoms with van der Waals surface area (Å²) in [6, 6.07) is 12.7. The molecule has 0 fully saturated rings. The van der Waals surface area contributed by atoms with Crippen LogP contribution < -0.4 is 16.0 Å². The van der Waals surface area contributed by atoms with Crippen molar-refractivity contribution in [2.45, 2.75) is 6.42 Å². The summed E-state index contributed by atoms with van der Waals surface area (Å²) in [7, 11) is 1.69. The molecule has 9 heteroatoms. The monoisotopic (exact) mass is 487 g/mol. The van der Waals surface area contributed by atoms with Crippen LogP contribution in [0.3, 0.4) is 0 Å². The Morgan fingerprint density at radius 3 is 2.26 bits per heavy atom. The summed E-state index contributed by atoms with van der Waals surface area (Å²) in [5, 5.41) is 20.2. The molecule has 2 aromatic rings. The van der Waals surface area contributed by atoms with E-state index < -0.39 is 4.92 Å². The first-order valence-electron chi connectivity index (χ1n) is 8.26. The SMILES string of the molecule is CN=C(NCCNc1ccc([N+](=O)[O-])cc1)NCCc1ccc(F)cc1.I. The van der Waals surface area contributed by atoms with Crippen molar-refractivity contribution in [3.05, 3.63) is 70.0 Å². The maximum atomic E-state index is 12.9. The average Bonchev–Trinajstić information content (AvgIpc) is 2.65. The van der Waals surface area contributed by atoms with Crippen molar-refractivity contribution in [3.8, 4) is 0 Å². The van der Waals surface area contributed by atoms with Gasteiger partial charge < -0.3 is 16.0 Å². The van der Waals surface area contributed by atoms with Gasteiger partial charge in [-0.25, -0.2) is 4.39 Å². The fraction of sp³-hybridized carbons (Fsp3) is 0.278. The Labute approximate surface area is 174 Å². The van der Waals surface area contributed by atoms with E-state index in [0.717, 1.165) is 17.7 Å². The maximum Gasteiger partial charge on any atom is 0.269 e. The minimum absolute atomic E-state index is 0. The zero-order valence-electron chi connectivity index (χ0n) is 14.9. The molecule has 0 bridgehead atoms. The Kier molecular flexibility index (Phi) is 10.1. The van der Waals surface area contributed by atoms with Crippen molar-refractivity contribution in [1.29, 1.82) is 0 Å². The van der Waals surface area contributed by atoms with Crippen LogP contribution in [0.5, 0.6) is 0 Å². The molecule has 27 heavy (non-hydrogen) atoms. The average molecular weight is 487 g/mol. The number of nitrogens with zero attached hydrogens (tertiary/aromatic N) is 2. The molecule has 0 saturated heterocycles. The van der Waals surface area contributed by atoms with Crippen LogP contribution >= 0.6 is 24.0 Å². The highest BCUT2D eigenvalue weighted by Gasteiger charge is 2.03. The molecule has 0 radical (unpaired) electrons. The lowest BCUT2D eigenvalue weighted by atomic mass is 10.1. The van der Waals surface area contributed by atoms with Gasteiger partial charge in [0.25, 0.3) is 5.69 Å². The Balaban J connectivity index is 0.00000364. The summed E-state index contributed by atoms with van der Waals surface area (Å²) in [5.74, 6) is 0.442. The van der Waals surface area contributed by atoms with Crippen LogP contribution in [0.2, 0.25) is 0 Å². The molecular weight excluding hydrogens is 464 g/mol. The van der Waals surface area contributed by atoms with Gasteiger partial charge in [0.15, 0.2) is 5.96 Å². The fourth-order valence-electron chi connectivity index (χ4n) is 2.29. The predicted octanol–water partition coefficient (Wildman–Crippen LogP) is 3.17. The number of hydrogen-bond donors (Lipinski definition) is 3. The van der Waals surface area contributed by atoms with Gasteiger partial charge in [-0.05, 0) is 36.2 Å². The molecule has 0 atom stereocenters. The maximum absolute atomic E-state index is 12.9. The molecule has 146 valence electrons. The van der Waals surface area contributed by atoms with Crippen LogP contribution in [-0.2, 0) is 6.42 Å². The van der Waals surface area contributed by atoms with Crippen LogP contribution in [0.4, 0.5) is 15.8 Å². The molecule has 0 aliphatic rings. The molecule has 0 heterocycles. The summed E-state index contributed by atoms with van der Waals surface area (Å²) < 4.78 is 12.9. The lowest BCUT2D eigenvalue weighted by Gasteiger charge is -2.12.